The molecule has 0 spiro atoms. The molecule has 0 unspecified atom stereocenters. The number of carbonyl (C=O) groups is 3. The fraction of sp³-hybridized carbons (Fsp3) is 0.318. The molecule has 0 atom stereocenters. The molecule has 10 heteroatoms. The number of furan rings is 1. The molecular weight excluding hydrogens is 416 g/mol. The summed E-state index contributed by atoms with van der Waals surface area (Å²) in [6.07, 6.45) is 1.47. The number of esters is 1. The Morgan fingerprint density at radius 3 is 2.56 bits per heavy atom. The Kier molecular flexibility index (Phi) is 6.13. The minimum absolute atomic E-state index is 0.131. The van der Waals surface area contributed by atoms with E-state index >= 15 is 0 Å². The Balaban J connectivity index is 1.42. The predicted octanol–water partition coefficient (Wildman–Crippen LogP) is 1.95. The van der Waals surface area contributed by atoms with Gasteiger partial charge in [0.15, 0.2) is 5.76 Å². The van der Waals surface area contributed by atoms with Crippen LogP contribution in [0.25, 0.3) is 10.9 Å². The lowest BCUT2D eigenvalue weighted by molar-refractivity contribution is -0.117. The van der Waals surface area contributed by atoms with Gasteiger partial charge in [-0.15, -0.1) is 0 Å². The van der Waals surface area contributed by atoms with Crippen LogP contribution < -0.4 is 10.1 Å². The lowest BCUT2D eigenvalue weighted by atomic mass is 10.2. The molecular formula is C22H24N4O6. The summed E-state index contributed by atoms with van der Waals surface area (Å²) in [5.41, 5.74) is 1.18. The Morgan fingerprint density at radius 1 is 1.12 bits per heavy atom. The van der Waals surface area contributed by atoms with Crippen LogP contribution in [0.1, 0.15) is 21.0 Å². The number of hydrogen-bond donors (Lipinski definition) is 2. The second-order valence-electron chi connectivity index (χ2n) is 7.37. The van der Waals surface area contributed by atoms with Gasteiger partial charge in [-0.25, -0.2) is 4.79 Å². The van der Waals surface area contributed by atoms with Crippen LogP contribution in [0.4, 0.5) is 5.69 Å². The zero-order chi connectivity index (χ0) is 22.7. The van der Waals surface area contributed by atoms with Crippen LogP contribution in [-0.4, -0.2) is 79.5 Å². The molecule has 2 N–H and O–H groups in total. The Bertz CT molecular complexity index is 1130. The molecule has 3 heterocycles. The first-order valence-corrected chi connectivity index (χ1v) is 10.1. The van der Waals surface area contributed by atoms with Crippen molar-refractivity contribution in [3.8, 4) is 5.75 Å². The first kappa shape index (κ1) is 21.4. The number of methoxy groups -OCH3 is 2. The van der Waals surface area contributed by atoms with Crippen molar-refractivity contribution in [1.29, 1.82) is 0 Å². The van der Waals surface area contributed by atoms with E-state index in [2.05, 4.69) is 10.3 Å². The summed E-state index contributed by atoms with van der Waals surface area (Å²) in [7, 11) is 2.83. The van der Waals surface area contributed by atoms with Crippen LogP contribution in [0.2, 0.25) is 0 Å². The maximum absolute atomic E-state index is 12.8. The highest BCUT2D eigenvalue weighted by Crippen LogP contribution is 2.31. The number of anilines is 1. The van der Waals surface area contributed by atoms with Crippen molar-refractivity contribution in [2.45, 2.75) is 0 Å². The van der Waals surface area contributed by atoms with Gasteiger partial charge < -0.3 is 29.1 Å². The number of ether oxygens (including phenoxy) is 2. The van der Waals surface area contributed by atoms with E-state index in [-0.39, 0.29) is 24.1 Å². The molecule has 1 fully saturated rings. The summed E-state index contributed by atoms with van der Waals surface area (Å²) in [4.78, 5) is 44.0. The largest absolute Gasteiger partial charge is 0.497 e. The van der Waals surface area contributed by atoms with Crippen molar-refractivity contribution in [2.24, 2.45) is 0 Å². The van der Waals surface area contributed by atoms with Crippen molar-refractivity contribution < 1.29 is 28.3 Å². The molecule has 1 aliphatic rings. The number of nitrogens with zero attached hydrogens (tertiary/aromatic N) is 2. The van der Waals surface area contributed by atoms with E-state index in [0.29, 0.717) is 54.3 Å². The fourth-order valence-corrected chi connectivity index (χ4v) is 3.74. The maximum Gasteiger partial charge on any atom is 0.356 e. The molecule has 1 aromatic carbocycles. The zero-order valence-electron chi connectivity index (χ0n) is 17.8. The van der Waals surface area contributed by atoms with Crippen molar-refractivity contribution >= 4 is 34.4 Å². The lowest BCUT2D eigenvalue weighted by Crippen LogP contribution is -2.50. The third-order valence-corrected chi connectivity index (χ3v) is 5.42. The van der Waals surface area contributed by atoms with E-state index < -0.39 is 5.97 Å². The summed E-state index contributed by atoms with van der Waals surface area (Å²) in [6.45, 7) is 2.22. The van der Waals surface area contributed by atoms with Crippen LogP contribution in [0.15, 0.2) is 41.0 Å². The standard InChI is InChI=1S/C22H24N4O6/c1-30-14-5-6-15-16(12-14)23-20(22(29)31-2)19(15)24-18(27)13-25-7-9-26(10-8-25)21(28)17-4-3-11-32-17/h3-6,11-12,23H,7-10,13H2,1-2H3,(H,24,27). The number of rotatable bonds is 6. The number of aromatic amines is 1. The van der Waals surface area contributed by atoms with E-state index in [1.807, 2.05) is 4.90 Å². The molecule has 2 aromatic heterocycles. The molecule has 0 saturated carbocycles. The third kappa shape index (κ3) is 4.30. The average molecular weight is 440 g/mol. The SMILES string of the molecule is COC(=O)c1[nH]c2cc(OC)ccc2c1NC(=O)CN1CCN(C(=O)c2ccco2)CC1. The second kappa shape index (κ2) is 9.15. The Labute approximate surface area is 184 Å². The zero-order valence-corrected chi connectivity index (χ0v) is 17.8. The molecule has 3 aromatic rings. The maximum atomic E-state index is 12.8. The number of nitrogens with one attached hydrogen (secondary N) is 2. The Hall–Kier alpha value is -3.79. The van der Waals surface area contributed by atoms with Crippen molar-refractivity contribution in [3.63, 3.8) is 0 Å². The monoisotopic (exact) mass is 440 g/mol. The summed E-state index contributed by atoms with van der Waals surface area (Å²) >= 11 is 0. The van der Waals surface area contributed by atoms with Crippen LogP contribution in [0, 0.1) is 0 Å². The quantitative estimate of drug-likeness (QED) is 0.563. The summed E-state index contributed by atoms with van der Waals surface area (Å²) < 4.78 is 15.2. The van der Waals surface area contributed by atoms with E-state index in [9.17, 15) is 14.4 Å². The lowest BCUT2D eigenvalue weighted by Gasteiger charge is -2.33. The van der Waals surface area contributed by atoms with E-state index in [1.54, 1.807) is 42.3 Å². The highest BCUT2D eigenvalue weighted by atomic mass is 16.5. The van der Waals surface area contributed by atoms with E-state index in [1.165, 1.54) is 13.4 Å². The van der Waals surface area contributed by atoms with Gasteiger partial charge in [-0.05, 0) is 24.3 Å². The van der Waals surface area contributed by atoms with Crippen LogP contribution in [0.3, 0.4) is 0 Å². The number of amides is 2. The highest BCUT2D eigenvalue weighted by Gasteiger charge is 2.26. The van der Waals surface area contributed by atoms with Gasteiger partial charge in [0.1, 0.15) is 11.4 Å². The molecule has 1 aliphatic heterocycles. The van der Waals surface area contributed by atoms with Gasteiger partial charge in [0, 0.05) is 37.6 Å². The highest BCUT2D eigenvalue weighted by molar-refractivity contribution is 6.11. The first-order valence-electron chi connectivity index (χ1n) is 10.1. The number of H-pyrrole nitrogens is 1. The number of hydrogen-bond acceptors (Lipinski definition) is 7. The van der Waals surface area contributed by atoms with Crippen molar-refractivity contribution in [1.82, 2.24) is 14.8 Å². The van der Waals surface area contributed by atoms with Gasteiger partial charge >= 0.3 is 5.97 Å². The fourth-order valence-electron chi connectivity index (χ4n) is 3.74. The molecule has 0 bridgehead atoms. The summed E-state index contributed by atoms with van der Waals surface area (Å²) in [6, 6.07) is 8.58. The van der Waals surface area contributed by atoms with Crippen molar-refractivity contribution in [2.75, 3.05) is 52.3 Å². The van der Waals surface area contributed by atoms with Gasteiger partial charge in [0.05, 0.1) is 38.2 Å². The minimum atomic E-state index is -0.583. The van der Waals surface area contributed by atoms with Crippen LogP contribution >= 0.6 is 0 Å². The predicted molar refractivity (Wildman–Crippen MR) is 116 cm³/mol. The van der Waals surface area contributed by atoms with Gasteiger partial charge in [0.2, 0.25) is 5.91 Å². The van der Waals surface area contributed by atoms with Crippen molar-refractivity contribution in [3.05, 3.63) is 48.0 Å². The second-order valence-corrected chi connectivity index (χ2v) is 7.37. The number of aromatic nitrogens is 1. The number of fused-ring (bicyclic) bond motifs is 1. The molecule has 168 valence electrons. The first-order chi connectivity index (χ1) is 15.5. The van der Waals surface area contributed by atoms with Gasteiger partial charge in [-0.2, -0.15) is 0 Å². The Morgan fingerprint density at radius 2 is 1.91 bits per heavy atom. The molecule has 0 aliphatic carbocycles. The average Bonchev–Trinajstić information content (AvgIpc) is 3.47. The van der Waals surface area contributed by atoms with Gasteiger partial charge in [-0.3, -0.25) is 14.5 Å². The topological polar surface area (TPSA) is 117 Å². The third-order valence-electron chi connectivity index (χ3n) is 5.42. The van der Waals surface area contributed by atoms with Gasteiger partial charge in [-0.1, -0.05) is 0 Å². The number of piperazine rings is 1. The molecule has 32 heavy (non-hydrogen) atoms. The molecule has 10 nitrogen and oxygen atoms in total. The summed E-state index contributed by atoms with van der Waals surface area (Å²) in [5.74, 6) is -0.0771. The number of carbonyl (C=O) groups excluding carboxylic acids is 3. The minimum Gasteiger partial charge on any atom is -0.497 e. The van der Waals surface area contributed by atoms with Crippen LogP contribution in [0.5, 0.6) is 5.75 Å². The molecule has 2 amide bonds. The smallest absolute Gasteiger partial charge is 0.356 e. The molecule has 1 saturated heterocycles. The molecule has 4 rings (SSSR count). The molecule has 0 radical (unpaired) electrons. The van der Waals surface area contributed by atoms with E-state index in [0.717, 1.165) is 0 Å². The van der Waals surface area contributed by atoms with Crippen LogP contribution in [-0.2, 0) is 9.53 Å². The summed E-state index contributed by atoms with van der Waals surface area (Å²) in [5, 5.41) is 3.52. The normalized spacial score (nSPS) is 14.4. The van der Waals surface area contributed by atoms with E-state index in [4.69, 9.17) is 13.9 Å². The number of benzene rings is 1. The van der Waals surface area contributed by atoms with Gasteiger partial charge in [0.25, 0.3) is 5.91 Å².